The van der Waals surface area contributed by atoms with Crippen LogP contribution in [-0.2, 0) is 12.8 Å². The SMILES string of the molecule is c1ccc(-c2cc3c(cc2N2c4ccccc4B4c5c(cccc52)-c2ccccc2N4c2cccc4c2oc2ccccc24)CCCC3)cc1. The molecule has 11 rings (SSSR count). The first-order valence-electron chi connectivity index (χ1n) is 17.9. The largest absolute Gasteiger partial charge is 0.454 e. The Kier molecular flexibility index (Phi) is 6.00. The average molecular weight is 641 g/mol. The second-order valence-electron chi connectivity index (χ2n) is 13.9. The predicted octanol–water partition coefficient (Wildman–Crippen LogP) is 10.8. The topological polar surface area (TPSA) is 19.6 Å². The Labute approximate surface area is 292 Å². The van der Waals surface area contributed by atoms with Gasteiger partial charge in [-0.1, -0.05) is 109 Å². The van der Waals surface area contributed by atoms with Crippen LogP contribution in [-0.4, -0.2) is 6.85 Å². The maximum atomic E-state index is 6.72. The minimum absolute atomic E-state index is 0.0554. The normalized spacial score (nSPS) is 14.4. The van der Waals surface area contributed by atoms with Gasteiger partial charge in [0.05, 0.1) is 11.4 Å². The van der Waals surface area contributed by atoms with Crippen LogP contribution in [0.25, 0.3) is 44.2 Å². The molecule has 0 N–H and O–H groups in total. The van der Waals surface area contributed by atoms with Crippen molar-refractivity contribution >= 4 is 68.1 Å². The van der Waals surface area contributed by atoms with Crippen molar-refractivity contribution in [3.05, 3.63) is 163 Å². The Balaban J connectivity index is 1.22. The Morgan fingerprint density at radius 1 is 0.480 bits per heavy atom. The lowest BCUT2D eigenvalue weighted by molar-refractivity contribution is 0.669. The average Bonchev–Trinajstić information content (AvgIpc) is 3.57. The summed E-state index contributed by atoms with van der Waals surface area (Å²) in [6.45, 7) is -0.0554. The summed E-state index contributed by atoms with van der Waals surface area (Å²) in [5.41, 5.74) is 18.5. The number of benzene rings is 7. The summed E-state index contributed by atoms with van der Waals surface area (Å²) in [6.07, 6.45) is 4.78. The van der Waals surface area contributed by atoms with Gasteiger partial charge in [0.2, 0.25) is 0 Å². The van der Waals surface area contributed by atoms with E-state index in [0.717, 1.165) is 40.5 Å². The zero-order valence-electron chi connectivity index (χ0n) is 27.6. The zero-order chi connectivity index (χ0) is 32.8. The molecule has 0 spiro atoms. The Hall–Kier alpha value is -6.00. The molecule has 7 aromatic carbocycles. The molecule has 8 aromatic rings. The fraction of sp³-hybridized carbons (Fsp3) is 0.0870. The number of aryl methyl sites for hydroxylation is 2. The monoisotopic (exact) mass is 640 g/mol. The summed E-state index contributed by atoms with van der Waals surface area (Å²) >= 11 is 0. The molecule has 50 heavy (non-hydrogen) atoms. The van der Waals surface area contributed by atoms with Crippen molar-refractivity contribution in [3.8, 4) is 22.3 Å². The molecule has 0 radical (unpaired) electrons. The quantitative estimate of drug-likeness (QED) is 0.179. The van der Waals surface area contributed by atoms with Crippen molar-refractivity contribution in [1.82, 2.24) is 0 Å². The molecular formula is C46H33BN2O. The highest BCUT2D eigenvalue weighted by atomic mass is 16.3. The maximum Gasteiger partial charge on any atom is 0.333 e. The van der Waals surface area contributed by atoms with Gasteiger partial charge in [-0.05, 0) is 101 Å². The Morgan fingerprint density at radius 3 is 2.04 bits per heavy atom. The highest BCUT2D eigenvalue weighted by molar-refractivity contribution is 6.93. The maximum absolute atomic E-state index is 6.72. The first-order chi connectivity index (χ1) is 24.8. The van der Waals surface area contributed by atoms with Crippen LogP contribution in [0.15, 0.2) is 156 Å². The third-order valence-corrected chi connectivity index (χ3v) is 11.2. The third-order valence-electron chi connectivity index (χ3n) is 11.2. The lowest BCUT2D eigenvalue weighted by Crippen LogP contribution is -2.61. The van der Waals surface area contributed by atoms with E-state index in [9.17, 15) is 0 Å². The highest BCUT2D eigenvalue weighted by Gasteiger charge is 2.45. The fourth-order valence-electron chi connectivity index (χ4n) is 9.05. The predicted molar refractivity (Wildman–Crippen MR) is 210 cm³/mol. The molecule has 1 aliphatic carbocycles. The summed E-state index contributed by atoms with van der Waals surface area (Å²) in [5, 5.41) is 2.29. The summed E-state index contributed by atoms with van der Waals surface area (Å²) in [4.78, 5) is 5.11. The lowest BCUT2D eigenvalue weighted by Gasteiger charge is -2.46. The smallest absolute Gasteiger partial charge is 0.333 e. The first-order valence-corrected chi connectivity index (χ1v) is 17.9. The van der Waals surface area contributed by atoms with Gasteiger partial charge in [0.25, 0.3) is 0 Å². The molecule has 4 heteroatoms. The summed E-state index contributed by atoms with van der Waals surface area (Å²) in [5.74, 6) is 0. The molecule has 3 heterocycles. The number of para-hydroxylation sites is 4. The number of hydrogen-bond donors (Lipinski definition) is 0. The van der Waals surface area contributed by atoms with Crippen LogP contribution in [0.2, 0.25) is 0 Å². The number of furan rings is 1. The van der Waals surface area contributed by atoms with E-state index in [4.69, 9.17) is 4.42 Å². The van der Waals surface area contributed by atoms with Gasteiger partial charge in [-0.3, -0.25) is 0 Å². The summed E-state index contributed by atoms with van der Waals surface area (Å²) < 4.78 is 6.72. The van der Waals surface area contributed by atoms with E-state index in [1.54, 1.807) is 0 Å². The molecule has 1 aromatic heterocycles. The van der Waals surface area contributed by atoms with Gasteiger partial charge in [0.15, 0.2) is 5.58 Å². The van der Waals surface area contributed by atoms with Crippen LogP contribution in [0.3, 0.4) is 0 Å². The number of nitrogens with zero attached hydrogens (tertiary/aromatic N) is 2. The second-order valence-corrected chi connectivity index (χ2v) is 13.9. The molecule has 0 fully saturated rings. The van der Waals surface area contributed by atoms with Crippen LogP contribution >= 0.6 is 0 Å². The van der Waals surface area contributed by atoms with Gasteiger partial charge in [-0.25, -0.2) is 0 Å². The second kappa shape index (κ2) is 10.8. The van der Waals surface area contributed by atoms with Gasteiger partial charge in [0, 0.05) is 39.0 Å². The minimum Gasteiger partial charge on any atom is -0.454 e. The summed E-state index contributed by atoms with van der Waals surface area (Å²) in [6, 6.07) is 55.8. The van der Waals surface area contributed by atoms with Gasteiger partial charge in [-0.15, -0.1) is 0 Å². The van der Waals surface area contributed by atoms with E-state index in [1.165, 1.54) is 79.9 Å². The van der Waals surface area contributed by atoms with E-state index < -0.39 is 0 Å². The molecular weight excluding hydrogens is 607 g/mol. The Morgan fingerprint density at radius 2 is 1.14 bits per heavy atom. The van der Waals surface area contributed by atoms with Gasteiger partial charge in [0.1, 0.15) is 5.58 Å². The van der Waals surface area contributed by atoms with Crippen molar-refractivity contribution in [3.63, 3.8) is 0 Å². The highest BCUT2D eigenvalue weighted by Crippen LogP contribution is 2.50. The van der Waals surface area contributed by atoms with E-state index in [0.29, 0.717) is 0 Å². The molecule has 0 saturated carbocycles. The standard InChI is InChI=1S/C46H33BN2O/c1-2-14-30(15-3-1)37-28-31-16-4-5-17-32(31)29-43(37)48-40-24-10-8-22-38(40)47-45-35(20-12-25-41(45)48)33-18-6-9-23-39(33)49(47)42-26-13-21-36-34-19-7-11-27-44(34)50-46(36)42/h1-3,6-15,18-29H,4-5,16-17H2. The number of fused-ring (bicyclic) bond motifs is 8. The molecule has 0 amide bonds. The fourth-order valence-corrected chi connectivity index (χ4v) is 9.05. The summed E-state index contributed by atoms with van der Waals surface area (Å²) in [7, 11) is 0. The van der Waals surface area contributed by atoms with E-state index in [1.807, 2.05) is 0 Å². The van der Waals surface area contributed by atoms with Crippen LogP contribution in [0.5, 0.6) is 0 Å². The van der Waals surface area contributed by atoms with Crippen molar-refractivity contribution < 1.29 is 4.42 Å². The van der Waals surface area contributed by atoms with Crippen LogP contribution in [0.4, 0.5) is 28.4 Å². The van der Waals surface area contributed by atoms with Gasteiger partial charge >= 0.3 is 6.85 Å². The number of anilines is 5. The minimum atomic E-state index is -0.0554. The van der Waals surface area contributed by atoms with E-state index in [2.05, 4.69) is 161 Å². The molecule has 0 unspecified atom stereocenters. The third kappa shape index (κ3) is 3.93. The Bertz CT molecular complexity index is 2640. The molecule has 2 aliphatic heterocycles. The molecule has 236 valence electrons. The van der Waals surface area contributed by atoms with E-state index >= 15 is 0 Å². The number of hydrogen-bond acceptors (Lipinski definition) is 3. The molecule has 3 aliphatic rings. The van der Waals surface area contributed by atoms with Gasteiger partial charge in [-0.2, -0.15) is 0 Å². The van der Waals surface area contributed by atoms with Crippen molar-refractivity contribution in [2.45, 2.75) is 25.7 Å². The van der Waals surface area contributed by atoms with Crippen LogP contribution in [0.1, 0.15) is 24.0 Å². The van der Waals surface area contributed by atoms with Crippen LogP contribution < -0.4 is 20.6 Å². The van der Waals surface area contributed by atoms with Crippen molar-refractivity contribution in [2.24, 2.45) is 0 Å². The molecule has 3 nitrogen and oxygen atoms in total. The molecule has 0 bridgehead atoms. The first kappa shape index (κ1) is 27.9. The van der Waals surface area contributed by atoms with Crippen LogP contribution in [0, 0.1) is 0 Å². The zero-order valence-corrected chi connectivity index (χ0v) is 27.6. The lowest BCUT2D eigenvalue weighted by atomic mass is 9.43. The number of rotatable bonds is 3. The van der Waals surface area contributed by atoms with Crippen molar-refractivity contribution in [2.75, 3.05) is 9.71 Å². The molecule has 0 atom stereocenters. The van der Waals surface area contributed by atoms with Crippen molar-refractivity contribution in [1.29, 1.82) is 0 Å². The van der Waals surface area contributed by atoms with Gasteiger partial charge < -0.3 is 14.1 Å². The molecule has 0 saturated heterocycles. The van der Waals surface area contributed by atoms with E-state index in [-0.39, 0.29) is 6.85 Å².